The number of carbonyl (C=O) groups excluding carboxylic acids is 2. The van der Waals surface area contributed by atoms with Crippen molar-refractivity contribution in [2.75, 3.05) is 32.8 Å². The van der Waals surface area contributed by atoms with Crippen LogP contribution in [-0.4, -0.2) is 61.7 Å². The van der Waals surface area contributed by atoms with Gasteiger partial charge in [-0.25, -0.2) is 13.6 Å². The molecule has 0 aromatic rings. The molecule has 0 saturated carbocycles. The van der Waals surface area contributed by atoms with Gasteiger partial charge >= 0.3 is 6.03 Å². The lowest BCUT2D eigenvalue weighted by molar-refractivity contribution is -0.125. The molecule has 1 fully saturated rings. The van der Waals surface area contributed by atoms with E-state index in [2.05, 4.69) is 10.6 Å². The number of halogens is 2. The minimum absolute atomic E-state index is 0.309. The van der Waals surface area contributed by atoms with Gasteiger partial charge in [-0.15, -0.1) is 0 Å². The average molecular weight is 335 g/mol. The predicted molar refractivity (Wildman–Crippen MR) is 82.5 cm³/mol. The highest BCUT2D eigenvalue weighted by Gasteiger charge is 2.36. The fraction of sp³-hybridized carbons (Fsp3) is 0.867. The summed E-state index contributed by atoms with van der Waals surface area (Å²) >= 11 is 0. The van der Waals surface area contributed by atoms with Crippen molar-refractivity contribution < 1.29 is 23.1 Å². The highest BCUT2D eigenvalue weighted by Crippen LogP contribution is 2.26. The SMILES string of the molecule is CCCC(F)(F)C[C@H](NC(=O)N1CCCOCC1)C(=O)NCC. The lowest BCUT2D eigenvalue weighted by Crippen LogP contribution is -2.53. The Morgan fingerprint density at radius 3 is 2.65 bits per heavy atom. The van der Waals surface area contributed by atoms with E-state index in [1.165, 1.54) is 4.90 Å². The Morgan fingerprint density at radius 2 is 2.00 bits per heavy atom. The lowest BCUT2D eigenvalue weighted by atomic mass is 10.0. The van der Waals surface area contributed by atoms with Gasteiger partial charge in [-0.3, -0.25) is 4.79 Å². The van der Waals surface area contributed by atoms with Crippen LogP contribution in [0.25, 0.3) is 0 Å². The van der Waals surface area contributed by atoms with Crippen molar-refractivity contribution >= 4 is 11.9 Å². The first-order valence-corrected chi connectivity index (χ1v) is 8.18. The molecule has 23 heavy (non-hydrogen) atoms. The average Bonchev–Trinajstić information content (AvgIpc) is 2.75. The van der Waals surface area contributed by atoms with E-state index in [1.54, 1.807) is 13.8 Å². The number of nitrogens with zero attached hydrogens (tertiary/aromatic N) is 1. The maximum absolute atomic E-state index is 13.9. The summed E-state index contributed by atoms with van der Waals surface area (Å²) in [6, 6.07) is -1.74. The molecule has 0 aliphatic carbocycles. The highest BCUT2D eigenvalue weighted by atomic mass is 19.3. The topological polar surface area (TPSA) is 70.7 Å². The van der Waals surface area contributed by atoms with E-state index >= 15 is 0 Å². The monoisotopic (exact) mass is 335 g/mol. The molecule has 1 saturated heterocycles. The summed E-state index contributed by atoms with van der Waals surface area (Å²) < 4.78 is 33.0. The van der Waals surface area contributed by atoms with Crippen LogP contribution < -0.4 is 10.6 Å². The van der Waals surface area contributed by atoms with Crippen molar-refractivity contribution in [3.05, 3.63) is 0 Å². The van der Waals surface area contributed by atoms with Crippen LogP contribution in [-0.2, 0) is 9.53 Å². The van der Waals surface area contributed by atoms with Gasteiger partial charge in [0.2, 0.25) is 5.91 Å². The Balaban J connectivity index is 2.70. The number of likely N-dealkylation sites (N-methyl/N-ethyl adjacent to an activating group) is 1. The summed E-state index contributed by atoms with van der Waals surface area (Å²) in [5.41, 5.74) is 0. The fourth-order valence-corrected chi connectivity index (χ4v) is 2.46. The first-order valence-electron chi connectivity index (χ1n) is 8.18. The van der Waals surface area contributed by atoms with Gasteiger partial charge in [0.25, 0.3) is 5.92 Å². The zero-order valence-electron chi connectivity index (χ0n) is 13.9. The van der Waals surface area contributed by atoms with Gasteiger partial charge in [-0.1, -0.05) is 13.3 Å². The molecule has 1 aliphatic heterocycles. The van der Waals surface area contributed by atoms with Crippen molar-refractivity contribution in [3.8, 4) is 0 Å². The minimum atomic E-state index is -2.99. The Kier molecular flexibility index (Phi) is 8.22. The Bertz CT molecular complexity index is 386. The summed E-state index contributed by atoms with van der Waals surface area (Å²) in [7, 11) is 0. The summed E-state index contributed by atoms with van der Waals surface area (Å²) in [6.45, 7) is 5.53. The minimum Gasteiger partial charge on any atom is -0.380 e. The van der Waals surface area contributed by atoms with Gasteiger partial charge in [0.05, 0.1) is 6.61 Å². The van der Waals surface area contributed by atoms with Crippen LogP contribution in [0.5, 0.6) is 0 Å². The zero-order chi connectivity index (χ0) is 17.3. The van der Waals surface area contributed by atoms with E-state index in [4.69, 9.17) is 4.74 Å². The van der Waals surface area contributed by atoms with Gasteiger partial charge < -0.3 is 20.3 Å². The third-order valence-electron chi connectivity index (χ3n) is 3.59. The third-order valence-corrected chi connectivity index (χ3v) is 3.59. The van der Waals surface area contributed by atoms with Crippen molar-refractivity contribution in [2.45, 2.75) is 51.5 Å². The number of rotatable bonds is 7. The van der Waals surface area contributed by atoms with Crippen LogP contribution in [0.4, 0.5) is 13.6 Å². The van der Waals surface area contributed by atoms with Crippen molar-refractivity contribution in [1.29, 1.82) is 0 Å². The number of hydrogen-bond donors (Lipinski definition) is 2. The van der Waals surface area contributed by atoms with Crippen molar-refractivity contribution in [3.63, 3.8) is 0 Å². The second kappa shape index (κ2) is 9.64. The number of nitrogens with one attached hydrogen (secondary N) is 2. The molecule has 0 unspecified atom stereocenters. The molecular weight excluding hydrogens is 308 g/mol. The predicted octanol–water partition coefficient (Wildman–Crippen LogP) is 1.75. The molecular formula is C15H27F2N3O3. The molecule has 0 radical (unpaired) electrons. The fourth-order valence-electron chi connectivity index (χ4n) is 2.46. The lowest BCUT2D eigenvalue weighted by Gasteiger charge is -2.27. The summed E-state index contributed by atoms with van der Waals surface area (Å²) in [4.78, 5) is 25.8. The Hall–Kier alpha value is -1.44. The molecule has 1 heterocycles. The molecule has 1 rings (SSSR count). The van der Waals surface area contributed by atoms with Gasteiger partial charge in [-0.2, -0.15) is 0 Å². The highest BCUT2D eigenvalue weighted by molar-refractivity contribution is 5.87. The molecule has 1 aliphatic rings. The zero-order valence-corrected chi connectivity index (χ0v) is 13.9. The number of hydrogen-bond acceptors (Lipinski definition) is 3. The van der Waals surface area contributed by atoms with E-state index in [0.717, 1.165) is 0 Å². The Labute approximate surface area is 135 Å². The first-order chi connectivity index (χ1) is 10.9. The van der Waals surface area contributed by atoms with E-state index in [1.807, 2.05) is 0 Å². The Morgan fingerprint density at radius 1 is 1.26 bits per heavy atom. The van der Waals surface area contributed by atoms with Gasteiger partial charge in [0.15, 0.2) is 0 Å². The van der Waals surface area contributed by atoms with Crippen LogP contribution in [0.3, 0.4) is 0 Å². The van der Waals surface area contributed by atoms with Gasteiger partial charge in [-0.05, 0) is 13.3 Å². The first kappa shape index (κ1) is 19.6. The molecule has 3 amide bonds. The van der Waals surface area contributed by atoms with E-state index in [0.29, 0.717) is 45.7 Å². The number of amides is 3. The molecule has 0 bridgehead atoms. The van der Waals surface area contributed by atoms with Gasteiger partial charge in [0, 0.05) is 39.1 Å². The van der Waals surface area contributed by atoms with E-state index in [-0.39, 0.29) is 6.42 Å². The van der Waals surface area contributed by atoms with Crippen molar-refractivity contribution in [1.82, 2.24) is 15.5 Å². The maximum atomic E-state index is 13.9. The van der Waals surface area contributed by atoms with Crippen LogP contribution in [0, 0.1) is 0 Å². The normalized spacial score (nSPS) is 17.3. The molecule has 0 spiro atoms. The molecule has 8 heteroatoms. The molecule has 2 N–H and O–H groups in total. The molecule has 0 aromatic heterocycles. The second-order valence-electron chi connectivity index (χ2n) is 5.66. The number of alkyl halides is 2. The molecule has 6 nitrogen and oxygen atoms in total. The molecule has 134 valence electrons. The number of carbonyl (C=O) groups is 2. The van der Waals surface area contributed by atoms with Crippen molar-refractivity contribution in [2.24, 2.45) is 0 Å². The maximum Gasteiger partial charge on any atom is 0.318 e. The molecule has 0 aromatic carbocycles. The third kappa shape index (κ3) is 7.11. The van der Waals surface area contributed by atoms with Crippen LogP contribution in [0.2, 0.25) is 0 Å². The summed E-state index contributed by atoms with van der Waals surface area (Å²) in [6.07, 6.45) is -0.00313. The number of ether oxygens (including phenoxy) is 1. The van der Waals surface area contributed by atoms with Crippen LogP contribution >= 0.6 is 0 Å². The summed E-state index contributed by atoms with van der Waals surface area (Å²) in [5.74, 6) is -3.57. The van der Waals surface area contributed by atoms with E-state index in [9.17, 15) is 18.4 Å². The summed E-state index contributed by atoms with van der Waals surface area (Å²) in [5, 5.41) is 4.95. The largest absolute Gasteiger partial charge is 0.380 e. The smallest absolute Gasteiger partial charge is 0.318 e. The number of urea groups is 1. The standard InChI is InChI=1S/C15H27F2N3O3/c1-3-6-15(16,17)11-12(13(21)18-4-2)19-14(22)20-7-5-9-23-10-8-20/h12H,3-11H2,1-2H3,(H,18,21)(H,19,22)/t12-/m0/s1. The molecule has 1 atom stereocenters. The van der Waals surface area contributed by atoms with Crippen LogP contribution in [0.1, 0.15) is 39.5 Å². The van der Waals surface area contributed by atoms with E-state index < -0.39 is 30.3 Å². The quantitative estimate of drug-likeness (QED) is 0.745. The van der Waals surface area contributed by atoms with Gasteiger partial charge in [0.1, 0.15) is 6.04 Å². The second-order valence-corrected chi connectivity index (χ2v) is 5.66. The van der Waals surface area contributed by atoms with Crippen LogP contribution in [0.15, 0.2) is 0 Å².